The molecule has 0 fully saturated rings. The fourth-order valence-corrected chi connectivity index (χ4v) is 2.66. The smallest absolute Gasteiger partial charge is 0.335 e. The number of carboxylic acids is 1. The van der Waals surface area contributed by atoms with Crippen molar-refractivity contribution in [1.29, 1.82) is 0 Å². The van der Waals surface area contributed by atoms with Crippen molar-refractivity contribution in [2.24, 2.45) is 5.92 Å². The number of unbranched alkanes of at least 4 members (excludes halogenated alkanes) is 2. The Morgan fingerprint density at radius 1 is 1.11 bits per heavy atom. The van der Waals surface area contributed by atoms with E-state index in [0.717, 1.165) is 12.0 Å². The zero-order chi connectivity index (χ0) is 14.1. The zero-order valence-electron chi connectivity index (χ0n) is 12.2. The maximum atomic E-state index is 11.2. The molecule has 0 aliphatic rings. The van der Waals surface area contributed by atoms with Gasteiger partial charge in [0.15, 0.2) is 0 Å². The van der Waals surface area contributed by atoms with E-state index in [4.69, 9.17) is 0 Å². The summed E-state index contributed by atoms with van der Waals surface area (Å²) in [6.45, 7) is 4.42. The monoisotopic (exact) mass is 262 g/mol. The molecule has 2 heteroatoms. The summed E-state index contributed by atoms with van der Waals surface area (Å²) < 4.78 is 0. The third kappa shape index (κ3) is 5.46. The number of aromatic carboxylic acids is 1. The highest BCUT2D eigenvalue weighted by molar-refractivity contribution is 5.89. The fourth-order valence-electron chi connectivity index (χ4n) is 2.66. The summed E-state index contributed by atoms with van der Waals surface area (Å²) in [6, 6.07) is 7.42. The van der Waals surface area contributed by atoms with Gasteiger partial charge in [0.2, 0.25) is 0 Å². The lowest BCUT2D eigenvalue weighted by molar-refractivity contribution is 0.0695. The molecular formula is C17H26O2. The summed E-state index contributed by atoms with van der Waals surface area (Å²) in [7, 11) is 0. The van der Waals surface area contributed by atoms with E-state index < -0.39 is 5.97 Å². The molecule has 1 aromatic carbocycles. The van der Waals surface area contributed by atoms with Gasteiger partial charge in [0.05, 0.1) is 5.56 Å². The average molecular weight is 262 g/mol. The van der Waals surface area contributed by atoms with E-state index in [0.29, 0.717) is 11.5 Å². The summed E-state index contributed by atoms with van der Waals surface area (Å²) in [6.07, 6.45) is 8.26. The highest BCUT2D eigenvalue weighted by Gasteiger charge is 2.14. The van der Waals surface area contributed by atoms with Gasteiger partial charge >= 0.3 is 5.97 Å². The van der Waals surface area contributed by atoms with Crippen LogP contribution in [0.25, 0.3) is 0 Å². The maximum absolute atomic E-state index is 11.2. The SMILES string of the molecule is CCCCCC(CCC)Cc1ccccc1C(=O)O. The van der Waals surface area contributed by atoms with Gasteiger partial charge in [-0.15, -0.1) is 0 Å². The molecule has 1 atom stereocenters. The summed E-state index contributed by atoms with van der Waals surface area (Å²) in [5.41, 5.74) is 1.46. The largest absolute Gasteiger partial charge is 0.478 e. The Morgan fingerprint density at radius 2 is 1.84 bits per heavy atom. The highest BCUT2D eigenvalue weighted by atomic mass is 16.4. The Hall–Kier alpha value is -1.31. The van der Waals surface area contributed by atoms with E-state index in [2.05, 4.69) is 13.8 Å². The van der Waals surface area contributed by atoms with E-state index in [1.807, 2.05) is 12.1 Å². The number of hydrogen-bond donors (Lipinski definition) is 1. The Bertz CT molecular complexity index is 385. The minimum Gasteiger partial charge on any atom is -0.478 e. The van der Waals surface area contributed by atoms with E-state index >= 15 is 0 Å². The Kier molecular flexibility index (Phi) is 7.24. The predicted octanol–water partition coefficient (Wildman–Crippen LogP) is 4.92. The highest BCUT2D eigenvalue weighted by Crippen LogP contribution is 2.22. The van der Waals surface area contributed by atoms with Gasteiger partial charge in [-0.05, 0) is 24.0 Å². The van der Waals surface area contributed by atoms with Crippen molar-refractivity contribution in [1.82, 2.24) is 0 Å². The number of rotatable bonds is 9. The minimum absolute atomic E-state index is 0.471. The van der Waals surface area contributed by atoms with Crippen LogP contribution in [0.4, 0.5) is 0 Å². The molecule has 1 unspecified atom stereocenters. The maximum Gasteiger partial charge on any atom is 0.335 e. The first-order valence-corrected chi connectivity index (χ1v) is 7.50. The Labute approximate surface area is 116 Å². The predicted molar refractivity (Wildman–Crippen MR) is 79.6 cm³/mol. The molecule has 0 amide bonds. The van der Waals surface area contributed by atoms with Crippen molar-refractivity contribution in [2.75, 3.05) is 0 Å². The third-order valence-corrected chi connectivity index (χ3v) is 3.67. The van der Waals surface area contributed by atoms with Gasteiger partial charge < -0.3 is 5.11 Å². The molecule has 106 valence electrons. The second kappa shape index (κ2) is 8.73. The topological polar surface area (TPSA) is 37.3 Å². The standard InChI is InChI=1S/C17H26O2/c1-3-5-6-10-14(9-4-2)13-15-11-7-8-12-16(15)17(18)19/h7-8,11-12,14H,3-6,9-10,13H2,1-2H3,(H,18,19). The van der Waals surface area contributed by atoms with Crippen LogP contribution < -0.4 is 0 Å². The van der Waals surface area contributed by atoms with Crippen LogP contribution in [0.15, 0.2) is 24.3 Å². The van der Waals surface area contributed by atoms with Gasteiger partial charge in [-0.25, -0.2) is 4.79 Å². The molecule has 0 heterocycles. The van der Waals surface area contributed by atoms with Crippen LogP contribution in [-0.4, -0.2) is 11.1 Å². The van der Waals surface area contributed by atoms with Gasteiger partial charge in [-0.1, -0.05) is 70.6 Å². The van der Waals surface area contributed by atoms with Gasteiger partial charge in [-0.3, -0.25) is 0 Å². The first-order chi connectivity index (χ1) is 9.19. The molecule has 0 bridgehead atoms. The van der Waals surface area contributed by atoms with Crippen molar-refractivity contribution >= 4 is 5.97 Å². The van der Waals surface area contributed by atoms with E-state index in [1.165, 1.54) is 38.5 Å². The van der Waals surface area contributed by atoms with E-state index in [9.17, 15) is 9.90 Å². The summed E-state index contributed by atoms with van der Waals surface area (Å²) in [5, 5.41) is 9.22. The van der Waals surface area contributed by atoms with Crippen molar-refractivity contribution < 1.29 is 9.90 Å². The van der Waals surface area contributed by atoms with Crippen molar-refractivity contribution in [2.45, 2.75) is 58.8 Å². The Morgan fingerprint density at radius 3 is 2.47 bits per heavy atom. The second-order valence-electron chi connectivity index (χ2n) is 5.32. The van der Waals surface area contributed by atoms with Gasteiger partial charge in [-0.2, -0.15) is 0 Å². The van der Waals surface area contributed by atoms with Gasteiger partial charge in [0.1, 0.15) is 0 Å². The molecule has 2 nitrogen and oxygen atoms in total. The third-order valence-electron chi connectivity index (χ3n) is 3.67. The lowest BCUT2D eigenvalue weighted by Crippen LogP contribution is -2.09. The van der Waals surface area contributed by atoms with Crippen LogP contribution in [0.1, 0.15) is 68.3 Å². The molecule has 0 saturated carbocycles. The summed E-state index contributed by atoms with van der Waals surface area (Å²) >= 11 is 0. The molecule has 0 saturated heterocycles. The molecule has 0 aromatic heterocycles. The number of carbonyl (C=O) groups is 1. The number of hydrogen-bond acceptors (Lipinski definition) is 1. The number of carboxylic acid groups (broad SMARTS) is 1. The van der Waals surface area contributed by atoms with Gasteiger partial charge in [0.25, 0.3) is 0 Å². The summed E-state index contributed by atoms with van der Waals surface area (Å²) in [4.78, 5) is 11.2. The zero-order valence-corrected chi connectivity index (χ0v) is 12.2. The molecule has 0 aliphatic carbocycles. The van der Waals surface area contributed by atoms with Crippen molar-refractivity contribution in [3.63, 3.8) is 0 Å². The van der Waals surface area contributed by atoms with Crippen LogP contribution in [-0.2, 0) is 6.42 Å². The number of benzene rings is 1. The normalized spacial score (nSPS) is 12.3. The van der Waals surface area contributed by atoms with E-state index in [-0.39, 0.29) is 0 Å². The molecule has 1 N–H and O–H groups in total. The van der Waals surface area contributed by atoms with Crippen molar-refractivity contribution in [3.8, 4) is 0 Å². The molecule has 0 spiro atoms. The van der Waals surface area contributed by atoms with Crippen LogP contribution in [0, 0.1) is 5.92 Å². The quantitative estimate of drug-likeness (QED) is 0.641. The lowest BCUT2D eigenvalue weighted by atomic mass is 9.88. The second-order valence-corrected chi connectivity index (χ2v) is 5.32. The van der Waals surface area contributed by atoms with Crippen LogP contribution in [0.2, 0.25) is 0 Å². The van der Waals surface area contributed by atoms with Crippen LogP contribution in [0.3, 0.4) is 0 Å². The summed E-state index contributed by atoms with van der Waals surface area (Å²) in [5.74, 6) is -0.184. The first kappa shape index (κ1) is 15.7. The van der Waals surface area contributed by atoms with Crippen molar-refractivity contribution in [3.05, 3.63) is 35.4 Å². The molecule has 19 heavy (non-hydrogen) atoms. The molecule has 1 rings (SSSR count). The first-order valence-electron chi connectivity index (χ1n) is 7.50. The van der Waals surface area contributed by atoms with Crippen LogP contribution in [0.5, 0.6) is 0 Å². The fraction of sp³-hybridized carbons (Fsp3) is 0.588. The van der Waals surface area contributed by atoms with E-state index in [1.54, 1.807) is 12.1 Å². The van der Waals surface area contributed by atoms with Gasteiger partial charge in [0, 0.05) is 0 Å². The molecule has 0 aliphatic heterocycles. The molecule has 1 aromatic rings. The minimum atomic E-state index is -0.806. The molecule has 0 radical (unpaired) electrons. The average Bonchev–Trinajstić information content (AvgIpc) is 2.39. The van der Waals surface area contributed by atoms with Crippen LogP contribution >= 0.6 is 0 Å². The lowest BCUT2D eigenvalue weighted by Gasteiger charge is -2.17. The molecular weight excluding hydrogens is 236 g/mol. The Balaban J connectivity index is 2.69.